The van der Waals surface area contributed by atoms with E-state index >= 15 is 0 Å². The van der Waals surface area contributed by atoms with Crippen LogP contribution in [-0.4, -0.2) is 32.1 Å². The van der Waals surface area contributed by atoms with Gasteiger partial charge in [0, 0.05) is 11.5 Å². The van der Waals surface area contributed by atoms with Crippen LogP contribution in [0.5, 0.6) is 5.75 Å². The largest absolute Gasteiger partial charge is 0.497 e. The zero-order valence-corrected chi connectivity index (χ0v) is 18.2. The Bertz CT molecular complexity index is 1150. The van der Waals surface area contributed by atoms with E-state index < -0.39 is 0 Å². The first kappa shape index (κ1) is 19.8. The minimum Gasteiger partial charge on any atom is -0.497 e. The van der Waals surface area contributed by atoms with Crippen LogP contribution < -0.4 is 4.74 Å². The third-order valence-corrected chi connectivity index (χ3v) is 6.35. The van der Waals surface area contributed by atoms with Crippen LogP contribution in [0.4, 0.5) is 0 Å². The van der Waals surface area contributed by atoms with Gasteiger partial charge < -0.3 is 13.7 Å². The zero-order valence-electron chi connectivity index (χ0n) is 17.4. The van der Waals surface area contributed by atoms with Crippen molar-refractivity contribution in [3.63, 3.8) is 0 Å². The Kier molecular flexibility index (Phi) is 5.46. The molecule has 0 N–H and O–H groups in total. The van der Waals surface area contributed by atoms with Gasteiger partial charge in [0.2, 0.25) is 11.8 Å². The molecule has 0 saturated heterocycles. The fraction of sp³-hybridized carbons (Fsp3) is 0.304. The number of ether oxygens (including phenoxy) is 1. The summed E-state index contributed by atoms with van der Waals surface area (Å²) in [4.78, 5) is 0. The molecule has 0 unspecified atom stereocenters. The second-order valence-corrected chi connectivity index (χ2v) is 8.93. The third-order valence-electron chi connectivity index (χ3n) is 5.28. The van der Waals surface area contributed by atoms with Gasteiger partial charge in [0.1, 0.15) is 11.6 Å². The molecule has 0 bridgehead atoms. The van der Waals surface area contributed by atoms with E-state index in [1.54, 1.807) is 18.9 Å². The van der Waals surface area contributed by atoms with E-state index in [0.717, 1.165) is 28.8 Å². The molecule has 2 heterocycles. The Morgan fingerprint density at radius 1 is 1.03 bits per heavy atom. The highest BCUT2D eigenvalue weighted by atomic mass is 32.2. The van der Waals surface area contributed by atoms with Gasteiger partial charge in [0.05, 0.1) is 18.9 Å². The van der Waals surface area contributed by atoms with Crippen molar-refractivity contribution in [2.24, 2.45) is 0 Å². The Labute approximate surface area is 184 Å². The highest BCUT2D eigenvalue weighted by Gasteiger charge is 2.31. The molecule has 0 aliphatic heterocycles. The number of rotatable bonds is 8. The molecule has 0 radical (unpaired) electrons. The predicted octanol–water partition coefficient (Wildman–Crippen LogP) is 5.12. The Balaban J connectivity index is 1.35. The van der Waals surface area contributed by atoms with Gasteiger partial charge in [-0.05, 0) is 49.6 Å². The predicted molar refractivity (Wildman–Crippen MR) is 118 cm³/mol. The van der Waals surface area contributed by atoms with Crippen molar-refractivity contribution in [2.45, 2.75) is 42.6 Å². The summed E-state index contributed by atoms with van der Waals surface area (Å²) in [6.45, 7) is 2.81. The molecule has 1 fully saturated rings. The van der Waals surface area contributed by atoms with Crippen molar-refractivity contribution >= 4 is 11.8 Å². The molecule has 0 amide bonds. The molecule has 2 aromatic heterocycles. The van der Waals surface area contributed by atoms with E-state index in [-0.39, 0.29) is 5.25 Å². The second-order valence-electron chi connectivity index (χ2n) is 7.62. The molecule has 1 aliphatic rings. The van der Waals surface area contributed by atoms with Crippen molar-refractivity contribution < 1.29 is 9.15 Å². The quantitative estimate of drug-likeness (QED) is 0.357. The van der Waals surface area contributed by atoms with Crippen LogP contribution >= 0.6 is 11.8 Å². The molecular weight excluding hydrogens is 410 g/mol. The summed E-state index contributed by atoms with van der Waals surface area (Å²) in [6.07, 6.45) is 2.37. The summed E-state index contributed by atoms with van der Waals surface area (Å²) >= 11 is 1.60. The third kappa shape index (κ3) is 4.34. The standard InChI is InChI=1S/C23H23N5O2S/c1-15(21-25-26-22(30-21)18-10-12-19(29-2)13-11-18)31-23-27-24-20(17-8-9-17)28(23)14-16-6-4-3-5-7-16/h3-7,10-13,15,17H,8-9,14H2,1-2H3/t15-/m1/s1. The molecule has 4 aromatic rings. The molecule has 1 aliphatic carbocycles. The van der Waals surface area contributed by atoms with Crippen molar-refractivity contribution in [1.82, 2.24) is 25.0 Å². The van der Waals surface area contributed by atoms with Gasteiger partial charge in [-0.3, -0.25) is 0 Å². The lowest BCUT2D eigenvalue weighted by atomic mass is 10.2. The monoisotopic (exact) mass is 433 g/mol. The first-order valence-corrected chi connectivity index (χ1v) is 11.2. The SMILES string of the molecule is COc1ccc(-c2nnc([C@@H](C)Sc3nnc(C4CC4)n3Cc3ccccc3)o2)cc1. The average molecular weight is 434 g/mol. The summed E-state index contributed by atoms with van der Waals surface area (Å²) in [6, 6.07) is 18.0. The summed E-state index contributed by atoms with van der Waals surface area (Å²) in [5, 5.41) is 18.3. The smallest absolute Gasteiger partial charge is 0.247 e. The average Bonchev–Trinajstić information content (AvgIpc) is 3.40. The van der Waals surface area contributed by atoms with Crippen LogP contribution in [-0.2, 0) is 6.54 Å². The minimum absolute atomic E-state index is 0.0507. The first-order chi connectivity index (χ1) is 15.2. The second kappa shape index (κ2) is 8.55. The van der Waals surface area contributed by atoms with Crippen molar-refractivity contribution in [1.29, 1.82) is 0 Å². The van der Waals surface area contributed by atoms with Crippen LogP contribution in [0.3, 0.4) is 0 Å². The lowest BCUT2D eigenvalue weighted by molar-refractivity contribution is 0.415. The fourth-order valence-corrected chi connectivity index (χ4v) is 4.29. The number of nitrogens with zero attached hydrogens (tertiary/aromatic N) is 5. The van der Waals surface area contributed by atoms with Crippen LogP contribution in [0, 0.1) is 0 Å². The zero-order chi connectivity index (χ0) is 21.2. The molecular formula is C23H23N5O2S. The first-order valence-electron chi connectivity index (χ1n) is 10.3. The van der Waals surface area contributed by atoms with Gasteiger partial charge >= 0.3 is 0 Å². The number of hydrogen-bond donors (Lipinski definition) is 0. The Hall–Kier alpha value is -3.13. The fourth-order valence-electron chi connectivity index (χ4n) is 3.40. The highest BCUT2D eigenvalue weighted by molar-refractivity contribution is 7.99. The molecule has 1 saturated carbocycles. The number of benzene rings is 2. The molecule has 31 heavy (non-hydrogen) atoms. The Morgan fingerprint density at radius 3 is 2.52 bits per heavy atom. The highest BCUT2D eigenvalue weighted by Crippen LogP contribution is 2.42. The van der Waals surface area contributed by atoms with E-state index in [4.69, 9.17) is 9.15 Å². The molecule has 158 valence electrons. The van der Waals surface area contributed by atoms with Crippen LogP contribution in [0.1, 0.15) is 48.2 Å². The summed E-state index contributed by atoms with van der Waals surface area (Å²) in [7, 11) is 1.64. The molecule has 0 spiro atoms. The maximum atomic E-state index is 5.96. The lowest BCUT2D eigenvalue weighted by Gasteiger charge is -2.11. The maximum absolute atomic E-state index is 5.96. The summed E-state index contributed by atoms with van der Waals surface area (Å²) < 4.78 is 13.4. The van der Waals surface area contributed by atoms with Gasteiger partial charge in [-0.25, -0.2) is 0 Å². The van der Waals surface area contributed by atoms with E-state index in [1.165, 1.54) is 18.4 Å². The van der Waals surface area contributed by atoms with Crippen molar-refractivity contribution in [3.05, 3.63) is 71.9 Å². The molecule has 5 rings (SSSR count). The van der Waals surface area contributed by atoms with Crippen molar-refractivity contribution in [2.75, 3.05) is 7.11 Å². The van der Waals surface area contributed by atoms with E-state index in [1.807, 2.05) is 37.3 Å². The summed E-state index contributed by atoms with van der Waals surface area (Å²) in [5.74, 6) is 3.44. The number of aromatic nitrogens is 5. The summed E-state index contributed by atoms with van der Waals surface area (Å²) in [5.41, 5.74) is 2.10. The number of thioether (sulfide) groups is 1. The lowest BCUT2D eigenvalue weighted by Crippen LogP contribution is -2.06. The molecule has 7 nitrogen and oxygen atoms in total. The van der Waals surface area contributed by atoms with E-state index in [0.29, 0.717) is 17.7 Å². The Morgan fingerprint density at radius 2 is 1.81 bits per heavy atom. The molecule has 8 heteroatoms. The van der Waals surface area contributed by atoms with Crippen LogP contribution in [0.25, 0.3) is 11.5 Å². The van der Waals surface area contributed by atoms with Gasteiger partial charge in [-0.1, -0.05) is 42.1 Å². The van der Waals surface area contributed by atoms with E-state index in [9.17, 15) is 0 Å². The van der Waals surface area contributed by atoms with Crippen LogP contribution in [0.15, 0.2) is 64.2 Å². The topological polar surface area (TPSA) is 78.9 Å². The van der Waals surface area contributed by atoms with Crippen LogP contribution in [0.2, 0.25) is 0 Å². The van der Waals surface area contributed by atoms with Gasteiger partial charge in [0.25, 0.3) is 0 Å². The van der Waals surface area contributed by atoms with Gasteiger partial charge in [0.15, 0.2) is 5.16 Å². The van der Waals surface area contributed by atoms with E-state index in [2.05, 4.69) is 49.2 Å². The maximum Gasteiger partial charge on any atom is 0.247 e. The number of hydrogen-bond acceptors (Lipinski definition) is 7. The van der Waals surface area contributed by atoms with Crippen molar-refractivity contribution in [3.8, 4) is 17.2 Å². The molecule has 2 aromatic carbocycles. The normalized spacial score (nSPS) is 14.5. The number of methoxy groups -OCH3 is 1. The van der Waals surface area contributed by atoms with Gasteiger partial charge in [-0.2, -0.15) is 0 Å². The van der Waals surface area contributed by atoms with Gasteiger partial charge in [-0.15, -0.1) is 20.4 Å². The minimum atomic E-state index is -0.0507. The molecule has 1 atom stereocenters.